The van der Waals surface area contributed by atoms with E-state index in [0.717, 1.165) is 7.11 Å². The summed E-state index contributed by atoms with van der Waals surface area (Å²) in [6, 6.07) is 5.62. The van der Waals surface area contributed by atoms with Crippen molar-refractivity contribution in [1.82, 2.24) is 9.97 Å². The van der Waals surface area contributed by atoms with Crippen molar-refractivity contribution in [3.8, 4) is 5.88 Å². The van der Waals surface area contributed by atoms with Crippen LogP contribution in [0.5, 0.6) is 5.88 Å². The van der Waals surface area contributed by atoms with Gasteiger partial charge in [0, 0.05) is 18.4 Å². The number of methoxy groups -OCH3 is 1. The average Bonchev–Trinajstić information content (AvgIpc) is 2.47. The van der Waals surface area contributed by atoms with E-state index in [9.17, 15) is 17.6 Å². The first-order valence-corrected chi connectivity index (χ1v) is 6.38. The number of aromatic nitrogens is 2. The third-order valence-electron chi connectivity index (χ3n) is 2.92. The molecule has 118 valence electrons. The Morgan fingerprint density at radius 3 is 2.55 bits per heavy atom. The third-order valence-corrected chi connectivity index (χ3v) is 2.92. The SMILES string of the molecule is CCN(c1cccc(F)c1)c1ncc(C(F)(F)F)c(OC)n1. The van der Waals surface area contributed by atoms with E-state index in [1.807, 2.05) is 0 Å². The Kier molecular flexibility index (Phi) is 4.48. The number of hydrogen-bond donors (Lipinski definition) is 0. The van der Waals surface area contributed by atoms with Crippen molar-refractivity contribution in [2.24, 2.45) is 0 Å². The van der Waals surface area contributed by atoms with Crippen LogP contribution in [-0.4, -0.2) is 23.6 Å². The van der Waals surface area contributed by atoms with Gasteiger partial charge in [-0.15, -0.1) is 0 Å². The molecule has 0 aliphatic heterocycles. The van der Waals surface area contributed by atoms with Crippen LogP contribution in [0.1, 0.15) is 12.5 Å². The molecular formula is C14H13F4N3O. The highest BCUT2D eigenvalue weighted by molar-refractivity contribution is 5.57. The van der Waals surface area contributed by atoms with Crippen LogP contribution in [0.25, 0.3) is 0 Å². The first kappa shape index (κ1) is 16.0. The van der Waals surface area contributed by atoms with E-state index < -0.39 is 23.4 Å². The molecule has 0 bridgehead atoms. The molecule has 0 saturated carbocycles. The lowest BCUT2D eigenvalue weighted by atomic mass is 10.3. The van der Waals surface area contributed by atoms with Crippen molar-refractivity contribution in [3.05, 3.63) is 41.8 Å². The molecule has 0 amide bonds. The molecule has 1 aromatic heterocycles. The van der Waals surface area contributed by atoms with Crippen LogP contribution in [0.3, 0.4) is 0 Å². The molecule has 8 heteroatoms. The van der Waals surface area contributed by atoms with Gasteiger partial charge in [-0.2, -0.15) is 18.2 Å². The van der Waals surface area contributed by atoms with Gasteiger partial charge in [-0.25, -0.2) is 9.37 Å². The van der Waals surface area contributed by atoms with Gasteiger partial charge in [0.2, 0.25) is 11.8 Å². The Labute approximate surface area is 124 Å². The molecule has 0 saturated heterocycles. The molecule has 0 spiro atoms. The summed E-state index contributed by atoms with van der Waals surface area (Å²) >= 11 is 0. The van der Waals surface area contributed by atoms with Gasteiger partial charge in [-0.1, -0.05) is 6.07 Å². The van der Waals surface area contributed by atoms with Crippen LogP contribution in [0, 0.1) is 5.82 Å². The standard InChI is InChI=1S/C14H13F4N3O/c1-3-21(10-6-4-5-9(15)7-10)13-19-8-11(14(16,17)18)12(20-13)22-2/h4-8H,3H2,1-2H3. The van der Waals surface area contributed by atoms with Gasteiger partial charge in [0.1, 0.15) is 11.4 Å². The first-order chi connectivity index (χ1) is 10.4. The molecule has 1 aromatic carbocycles. The maximum absolute atomic E-state index is 13.3. The second-order valence-corrected chi connectivity index (χ2v) is 4.31. The average molecular weight is 315 g/mol. The zero-order valence-electron chi connectivity index (χ0n) is 11.9. The number of alkyl halides is 3. The van der Waals surface area contributed by atoms with E-state index in [0.29, 0.717) is 18.4 Å². The topological polar surface area (TPSA) is 38.2 Å². The van der Waals surface area contributed by atoms with Crippen molar-refractivity contribution >= 4 is 11.6 Å². The van der Waals surface area contributed by atoms with Gasteiger partial charge in [-0.05, 0) is 25.1 Å². The van der Waals surface area contributed by atoms with Crippen LogP contribution in [0.4, 0.5) is 29.2 Å². The fraction of sp³-hybridized carbons (Fsp3) is 0.286. The zero-order valence-corrected chi connectivity index (χ0v) is 11.9. The molecule has 0 atom stereocenters. The minimum absolute atomic E-state index is 0.00190. The third kappa shape index (κ3) is 3.26. The second-order valence-electron chi connectivity index (χ2n) is 4.31. The summed E-state index contributed by atoms with van der Waals surface area (Å²) in [6.07, 6.45) is -3.96. The molecule has 2 rings (SSSR count). The fourth-order valence-corrected chi connectivity index (χ4v) is 1.92. The number of halogens is 4. The van der Waals surface area contributed by atoms with Gasteiger partial charge in [-0.3, -0.25) is 0 Å². The van der Waals surface area contributed by atoms with Gasteiger partial charge in [0.25, 0.3) is 0 Å². The predicted molar refractivity (Wildman–Crippen MR) is 72.7 cm³/mol. The van der Waals surface area contributed by atoms with Crippen LogP contribution in [0.2, 0.25) is 0 Å². The molecule has 0 aliphatic rings. The molecule has 0 unspecified atom stereocenters. The van der Waals surface area contributed by atoms with Crippen LogP contribution in [-0.2, 0) is 6.18 Å². The van der Waals surface area contributed by atoms with Gasteiger partial charge >= 0.3 is 6.18 Å². The Balaban J connectivity index is 2.47. The minimum Gasteiger partial charge on any atom is -0.480 e. The summed E-state index contributed by atoms with van der Waals surface area (Å²) in [5.41, 5.74) is -0.627. The Hall–Kier alpha value is -2.38. The van der Waals surface area contributed by atoms with Gasteiger partial charge in [0.15, 0.2) is 0 Å². The summed E-state index contributed by atoms with van der Waals surface area (Å²) in [7, 11) is 1.10. The maximum atomic E-state index is 13.3. The molecule has 22 heavy (non-hydrogen) atoms. The van der Waals surface area contributed by atoms with Crippen molar-refractivity contribution in [1.29, 1.82) is 0 Å². The first-order valence-electron chi connectivity index (χ1n) is 6.38. The van der Waals surface area contributed by atoms with Gasteiger partial charge < -0.3 is 9.64 Å². The normalized spacial score (nSPS) is 11.4. The molecule has 2 aromatic rings. The van der Waals surface area contributed by atoms with E-state index in [2.05, 4.69) is 9.97 Å². The number of hydrogen-bond acceptors (Lipinski definition) is 4. The van der Waals surface area contributed by atoms with Crippen molar-refractivity contribution in [3.63, 3.8) is 0 Å². The van der Waals surface area contributed by atoms with Crippen LogP contribution >= 0.6 is 0 Å². The minimum atomic E-state index is -4.61. The summed E-state index contributed by atoms with van der Waals surface area (Å²) in [6.45, 7) is 2.09. The van der Waals surface area contributed by atoms with Crippen molar-refractivity contribution in [2.45, 2.75) is 13.1 Å². The Morgan fingerprint density at radius 2 is 2.00 bits per heavy atom. The highest BCUT2D eigenvalue weighted by Crippen LogP contribution is 2.36. The molecule has 0 fully saturated rings. The highest BCUT2D eigenvalue weighted by atomic mass is 19.4. The van der Waals surface area contributed by atoms with E-state index in [1.54, 1.807) is 13.0 Å². The molecule has 4 nitrogen and oxygen atoms in total. The van der Waals surface area contributed by atoms with Gasteiger partial charge in [0.05, 0.1) is 7.11 Å². The summed E-state index contributed by atoms with van der Waals surface area (Å²) in [5, 5.41) is 0. The summed E-state index contributed by atoms with van der Waals surface area (Å²) in [5.74, 6) is -1.04. The van der Waals surface area contributed by atoms with Crippen LogP contribution < -0.4 is 9.64 Å². The number of rotatable bonds is 4. The predicted octanol–water partition coefficient (Wildman–Crippen LogP) is 3.80. The van der Waals surface area contributed by atoms with E-state index in [-0.39, 0.29) is 5.95 Å². The van der Waals surface area contributed by atoms with Crippen molar-refractivity contribution in [2.75, 3.05) is 18.6 Å². The number of nitrogens with zero attached hydrogens (tertiary/aromatic N) is 3. The molecule has 0 radical (unpaired) electrons. The lowest BCUT2D eigenvalue weighted by molar-refractivity contribution is -0.139. The number of anilines is 2. The fourth-order valence-electron chi connectivity index (χ4n) is 1.92. The second kappa shape index (κ2) is 6.17. The molecule has 0 N–H and O–H groups in total. The Morgan fingerprint density at radius 1 is 1.27 bits per heavy atom. The summed E-state index contributed by atoms with van der Waals surface area (Å²) in [4.78, 5) is 8.99. The van der Waals surface area contributed by atoms with E-state index >= 15 is 0 Å². The molecule has 0 aliphatic carbocycles. The lowest BCUT2D eigenvalue weighted by Gasteiger charge is -2.22. The Bertz CT molecular complexity index is 661. The number of ether oxygens (including phenoxy) is 1. The summed E-state index contributed by atoms with van der Waals surface area (Å²) < 4.78 is 56.4. The lowest BCUT2D eigenvalue weighted by Crippen LogP contribution is -2.20. The zero-order chi connectivity index (χ0) is 16.3. The molecular weight excluding hydrogens is 302 g/mol. The smallest absolute Gasteiger partial charge is 0.423 e. The largest absolute Gasteiger partial charge is 0.480 e. The van der Waals surface area contributed by atoms with E-state index in [4.69, 9.17) is 4.74 Å². The maximum Gasteiger partial charge on any atom is 0.423 e. The van der Waals surface area contributed by atoms with E-state index in [1.165, 1.54) is 23.1 Å². The quantitative estimate of drug-likeness (QED) is 0.804. The highest BCUT2D eigenvalue weighted by Gasteiger charge is 2.36. The monoisotopic (exact) mass is 315 g/mol. The van der Waals surface area contributed by atoms with Crippen molar-refractivity contribution < 1.29 is 22.3 Å². The molecule has 1 heterocycles. The number of benzene rings is 1. The van der Waals surface area contributed by atoms with Crippen LogP contribution in [0.15, 0.2) is 30.5 Å².